The second kappa shape index (κ2) is 9.57. The van der Waals surface area contributed by atoms with Crippen LogP contribution in [-0.2, 0) is 9.53 Å². The molecule has 1 aromatic carbocycles. The number of nitrogens with one attached hydrogen (secondary N) is 1. The maximum Gasteiger partial charge on any atom is 0.340 e. The van der Waals surface area contributed by atoms with E-state index in [4.69, 9.17) is 9.47 Å². The Labute approximate surface area is 157 Å². The van der Waals surface area contributed by atoms with Crippen LogP contribution < -0.4 is 10.1 Å². The lowest BCUT2D eigenvalue weighted by Crippen LogP contribution is -2.58. The molecule has 0 bridgehead atoms. The molecular weight excluding hydrogens is 332 g/mol. The van der Waals surface area contributed by atoms with Crippen LogP contribution in [0.3, 0.4) is 0 Å². The molecule has 0 saturated heterocycles. The molecule has 1 amide bonds. The Morgan fingerprint density at radius 2 is 1.69 bits per heavy atom. The van der Waals surface area contributed by atoms with E-state index >= 15 is 0 Å². The van der Waals surface area contributed by atoms with E-state index in [0.29, 0.717) is 21.5 Å². The van der Waals surface area contributed by atoms with Crippen LogP contribution in [0, 0.1) is 6.92 Å². The van der Waals surface area contributed by atoms with Gasteiger partial charge in [-0.1, -0.05) is 0 Å². The van der Waals surface area contributed by atoms with Gasteiger partial charge in [-0.05, 0) is 59.2 Å². The molecule has 1 aromatic rings. The van der Waals surface area contributed by atoms with Crippen molar-refractivity contribution in [2.24, 2.45) is 0 Å². The molecule has 0 heterocycles. The number of carbonyl (C=O) groups is 2. The van der Waals surface area contributed by atoms with E-state index in [-0.39, 0.29) is 18.6 Å². The van der Waals surface area contributed by atoms with Crippen molar-refractivity contribution in [2.45, 2.75) is 47.6 Å². The number of hydrogen-bond donors (Lipinski definition) is 1. The summed E-state index contributed by atoms with van der Waals surface area (Å²) >= 11 is 0. The summed E-state index contributed by atoms with van der Waals surface area (Å²) in [6, 6.07) is 3.17. The Morgan fingerprint density at radius 1 is 1.12 bits per heavy atom. The number of amides is 1. The SMILES string of the molecule is CCOC(=O)c1cc(OC)cc(C)c1NC(=O)C(C)[N+](CC)(CC)CC. The average molecular weight is 365 g/mol. The molecular formula is C20H33N2O4+. The van der Waals surface area contributed by atoms with E-state index < -0.39 is 5.97 Å². The summed E-state index contributed by atoms with van der Waals surface area (Å²) in [5.41, 5.74) is 1.56. The van der Waals surface area contributed by atoms with Crippen LogP contribution in [0.2, 0.25) is 0 Å². The minimum atomic E-state index is -0.473. The van der Waals surface area contributed by atoms with Crippen LogP contribution in [-0.4, -0.2) is 55.8 Å². The van der Waals surface area contributed by atoms with Gasteiger partial charge in [-0.3, -0.25) is 4.79 Å². The minimum absolute atomic E-state index is 0.102. The van der Waals surface area contributed by atoms with Crippen LogP contribution in [0.25, 0.3) is 0 Å². The molecule has 0 spiro atoms. The molecule has 1 N–H and O–H groups in total. The Bertz CT molecular complexity index is 631. The third-order valence-corrected chi connectivity index (χ3v) is 5.38. The van der Waals surface area contributed by atoms with Crippen molar-refractivity contribution in [1.29, 1.82) is 0 Å². The predicted molar refractivity (Wildman–Crippen MR) is 104 cm³/mol. The van der Waals surface area contributed by atoms with E-state index in [1.165, 1.54) is 0 Å². The number of rotatable bonds is 9. The number of benzene rings is 1. The van der Waals surface area contributed by atoms with E-state index in [9.17, 15) is 9.59 Å². The third-order valence-electron chi connectivity index (χ3n) is 5.38. The zero-order valence-electron chi connectivity index (χ0n) is 17.1. The summed E-state index contributed by atoms with van der Waals surface area (Å²) in [4.78, 5) is 25.3. The van der Waals surface area contributed by atoms with Crippen LogP contribution in [0.1, 0.15) is 50.5 Å². The minimum Gasteiger partial charge on any atom is -0.497 e. The third kappa shape index (κ3) is 4.55. The molecule has 1 unspecified atom stereocenters. The lowest BCUT2D eigenvalue weighted by atomic mass is 10.1. The molecule has 0 aliphatic heterocycles. The van der Waals surface area contributed by atoms with Crippen molar-refractivity contribution in [3.05, 3.63) is 23.3 Å². The highest BCUT2D eigenvalue weighted by Crippen LogP contribution is 2.28. The lowest BCUT2D eigenvalue weighted by Gasteiger charge is -2.40. The van der Waals surface area contributed by atoms with E-state index in [1.54, 1.807) is 26.2 Å². The lowest BCUT2D eigenvalue weighted by molar-refractivity contribution is -0.936. The number of nitrogens with zero attached hydrogens (tertiary/aromatic N) is 1. The first kappa shape index (κ1) is 22.0. The second-order valence-corrected chi connectivity index (χ2v) is 6.42. The van der Waals surface area contributed by atoms with Crippen molar-refractivity contribution in [2.75, 3.05) is 38.7 Å². The largest absolute Gasteiger partial charge is 0.497 e. The van der Waals surface area contributed by atoms with Crippen molar-refractivity contribution in [1.82, 2.24) is 0 Å². The smallest absolute Gasteiger partial charge is 0.340 e. The summed E-state index contributed by atoms with van der Waals surface area (Å²) in [6.45, 7) is 14.7. The summed E-state index contributed by atoms with van der Waals surface area (Å²) in [7, 11) is 1.54. The topological polar surface area (TPSA) is 64.6 Å². The molecule has 0 aliphatic rings. The first-order valence-corrected chi connectivity index (χ1v) is 9.32. The van der Waals surface area contributed by atoms with Gasteiger partial charge in [0, 0.05) is 0 Å². The van der Waals surface area contributed by atoms with Crippen molar-refractivity contribution >= 4 is 17.6 Å². The Morgan fingerprint density at radius 3 is 2.15 bits per heavy atom. The van der Waals surface area contributed by atoms with Crippen molar-refractivity contribution in [3.8, 4) is 5.75 Å². The van der Waals surface area contributed by atoms with Gasteiger partial charge in [-0.25, -0.2) is 4.79 Å². The first-order chi connectivity index (χ1) is 12.3. The molecule has 0 fully saturated rings. The van der Waals surface area contributed by atoms with Gasteiger partial charge in [0.05, 0.1) is 44.6 Å². The van der Waals surface area contributed by atoms with Gasteiger partial charge >= 0.3 is 5.97 Å². The number of carbonyl (C=O) groups excluding carboxylic acids is 2. The fourth-order valence-corrected chi connectivity index (χ4v) is 3.38. The van der Waals surface area contributed by atoms with E-state index in [1.807, 2.05) is 13.8 Å². The van der Waals surface area contributed by atoms with Crippen LogP contribution in [0.15, 0.2) is 12.1 Å². The van der Waals surface area contributed by atoms with Crippen LogP contribution in [0.4, 0.5) is 5.69 Å². The Hall–Kier alpha value is -2.08. The summed E-state index contributed by atoms with van der Waals surface area (Å²) in [6.07, 6.45) is 0. The van der Waals surface area contributed by atoms with Gasteiger partial charge in [0.25, 0.3) is 5.91 Å². The maximum absolute atomic E-state index is 13.0. The fraction of sp³-hybridized carbons (Fsp3) is 0.600. The van der Waals surface area contributed by atoms with Gasteiger partial charge in [-0.2, -0.15) is 0 Å². The van der Waals surface area contributed by atoms with E-state index in [0.717, 1.165) is 25.2 Å². The molecule has 0 aromatic heterocycles. The van der Waals surface area contributed by atoms with Crippen LogP contribution in [0.5, 0.6) is 5.75 Å². The first-order valence-electron chi connectivity index (χ1n) is 9.32. The van der Waals surface area contributed by atoms with Gasteiger partial charge in [0.1, 0.15) is 5.75 Å². The molecule has 1 atom stereocenters. The Balaban J connectivity index is 3.26. The molecule has 146 valence electrons. The standard InChI is InChI=1S/C20H32N2O4/c1-8-22(9-2,10-3)15(6)19(23)21-18-14(5)12-16(25-7)13-17(18)20(24)26-11-4/h12-13,15H,8-11H2,1-7H3/p+1. The molecule has 0 aliphatic carbocycles. The second-order valence-electron chi connectivity index (χ2n) is 6.42. The van der Waals surface area contributed by atoms with Gasteiger partial charge in [0.15, 0.2) is 6.04 Å². The zero-order chi connectivity index (χ0) is 19.9. The van der Waals surface area contributed by atoms with Crippen molar-refractivity contribution < 1.29 is 23.5 Å². The molecule has 6 nitrogen and oxygen atoms in total. The number of ether oxygens (including phenoxy) is 2. The number of likely N-dealkylation sites (N-methyl/N-ethyl adjacent to an activating group) is 1. The molecule has 6 heteroatoms. The van der Waals surface area contributed by atoms with Crippen molar-refractivity contribution in [3.63, 3.8) is 0 Å². The quantitative estimate of drug-likeness (QED) is 0.538. The predicted octanol–water partition coefficient (Wildman–Crippen LogP) is 3.38. The molecule has 0 radical (unpaired) electrons. The zero-order valence-corrected chi connectivity index (χ0v) is 17.1. The van der Waals surface area contributed by atoms with Gasteiger partial charge in [0.2, 0.25) is 0 Å². The highest BCUT2D eigenvalue weighted by atomic mass is 16.5. The summed E-state index contributed by atoms with van der Waals surface area (Å²) < 4.78 is 11.1. The average Bonchev–Trinajstić information content (AvgIpc) is 2.64. The number of hydrogen-bond acceptors (Lipinski definition) is 4. The normalized spacial score (nSPS) is 12.4. The number of anilines is 1. The molecule has 26 heavy (non-hydrogen) atoms. The highest BCUT2D eigenvalue weighted by Gasteiger charge is 2.35. The van der Waals surface area contributed by atoms with Gasteiger partial charge < -0.3 is 19.3 Å². The number of aryl methyl sites for hydroxylation is 1. The van der Waals surface area contributed by atoms with E-state index in [2.05, 4.69) is 26.1 Å². The van der Waals surface area contributed by atoms with Crippen LogP contribution >= 0.6 is 0 Å². The Kier molecular flexibility index (Phi) is 8.08. The fourth-order valence-electron chi connectivity index (χ4n) is 3.38. The molecule has 1 rings (SSSR count). The number of esters is 1. The summed E-state index contributed by atoms with van der Waals surface area (Å²) in [5.74, 6) is -0.0218. The monoisotopic (exact) mass is 365 g/mol. The summed E-state index contributed by atoms with van der Waals surface area (Å²) in [5, 5.41) is 2.97. The highest BCUT2D eigenvalue weighted by molar-refractivity contribution is 6.03. The number of quaternary nitrogens is 1. The van der Waals surface area contributed by atoms with Gasteiger partial charge in [-0.15, -0.1) is 0 Å². The number of methoxy groups -OCH3 is 1. The molecule has 0 saturated carbocycles. The maximum atomic E-state index is 13.0.